The van der Waals surface area contributed by atoms with Crippen molar-refractivity contribution in [2.24, 2.45) is 0 Å². The second-order valence-electron chi connectivity index (χ2n) is 1.54. The average Bonchev–Trinajstić information content (AvgIpc) is 1.87. The van der Waals surface area contributed by atoms with Crippen molar-refractivity contribution in [3.05, 3.63) is 6.92 Å². The first-order chi connectivity index (χ1) is 4.22. The smallest absolute Gasteiger partial charge is 0.334 e. The van der Waals surface area contributed by atoms with Gasteiger partial charge in [-0.2, -0.15) is 0 Å². The van der Waals surface area contributed by atoms with Crippen LogP contribution in [-0.2, 0) is 14.3 Å². The van der Waals surface area contributed by atoms with Gasteiger partial charge in [-0.25, -0.2) is 4.79 Å². The van der Waals surface area contributed by atoms with Crippen molar-refractivity contribution < 1.29 is 14.3 Å². The Labute approximate surface area is 55.0 Å². The van der Waals surface area contributed by atoms with E-state index in [9.17, 15) is 4.79 Å². The molecule has 0 saturated heterocycles. The van der Waals surface area contributed by atoms with Gasteiger partial charge in [-0.05, 0) is 13.8 Å². The van der Waals surface area contributed by atoms with E-state index in [-0.39, 0.29) is 12.6 Å². The van der Waals surface area contributed by atoms with Crippen LogP contribution in [0.2, 0.25) is 0 Å². The van der Waals surface area contributed by atoms with Crippen molar-refractivity contribution >= 4 is 5.97 Å². The summed E-state index contributed by atoms with van der Waals surface area (Å²) < 4.78 is 9.18. The minimum atomic E-state index is -0.493. The topological polar surface area (TPSA) is 35.5 Å². The molecule has 0 amide bonds. The van der Waals surface area contributed by atoms with Gasteiger partial charge in [0.05, 0.1) is 7.11 Å². The standard InChI is InChI=1S/C6H11O3/c1-4-9-5(2)6(7)8-3/h5H,1,4H2,2-3H3. The van der Waals surface area contributed by atoms with Gasteiger partial charge in [0.25, 0.3) is 0 Å². The third-order valence-electron chi connectivity index (χ3n) is 0.901. The van der Waals surface area contributed by atoms with Crippen LogP contribution in [-0.4, -0.2) is 25.8 Å². The summed E-state index contributed by atoms with van der Waals surface area (Å²) >= 11 is 0. The molecule has 1 atom stereocenters. The molecule has 0 aromatic rings. The maximum atomic E-state index is 10.5. The maximum absolute atomic E-state index is 10.5. The van der Waals surface area contributed by atoms with Crippen LogP contribution in [0.1, 0.15) is 6.92 Å². The zero-order valence-electron chi connectivity index (χ0n) is 5.72. The Hall–Kier alpha value is -0.570. The quantitative estimate of drug-likeness (QED) is 0.520. The Bertz CT molecular complexity index is 90.3. The van der Waals surface area contributed by atoms with Gasteiger partial charge in [-0.1, -0.05) is 0 Å². The third kappa shape index (κ3) is 3.08. The van der Waals surface area contributed by atoms with Gasteiger partial charge >= 0.3 is 5.97 Å². The summed E-state index contributed by atoms with van der Waals surface area (Å²) in [5.41, 5.74) is 0. The van der Waals surface area contributed by atoms with Crippen LogP contribution in [0.4, 0.5) is 0 Å². The molecule has 0 bridgehead atoms. The second-order valence-corrected chi connectivity index (χ2v) is 1.54. The summed E-state index contributed by atoms with van der Waals surface area (Å²) in [6, 6.07) is 0. The normalized spacial score (nSPS) is 12.8. The lowest BCUT2D eigenvalue weighted by atomic mass is 10.4. The lowest BCUT2D eigenvalue weighted by molar-refractivity contribution is -0.152. The van der Waals surface area contributed by atoms with Crippen molar-refractivity contribution in [2.45, 2.75) is 13.0 Å². The highest BCUT2D eigenvalue weighted by Gasteiger charge is 2.10. The molecule has 0 aliphatic heterocycles. The molecule has 9 heavy (non-hydrogen) atoms. The van der Waals surface area contributed by atoms with E-state index < -0.39 is 6.10 Å². The molecule has 0 aliphatic rings. The van der Waals surface area contributed by atoms with Gasteiger partial charge in [-0.3, -0.25) is 0 Å². The first kappa shape index (κ1) is 8.43. The molecule has 53 valence electrons. The Morgan fingerprint density at radius 1 is 1.78 bits per heavy atom. The number of rotatable bonds is 3. The second kappa shape index (κ2) is 4.32. The SMILES string of the molecule is [CH2]COC(C)C(=O)OC. The zero-order valence-corrected chi connectivity index (χ0v) is 5.72. The van der Waals surface area contributed by atoms with Crippen LogP contribution in [0.5, 0.6) is 0 Å². The molecule has 3 heteroatoms. The van der Waals surface area contributed by atoms with Gasteiger partial charge in [0.1, 0.15) is 0 Å². The molecule has 0 spiro atoms. The highest BCUT2D eigenvalue weighted by Crippen LogP contribution is 1.91. The average molecular weight is 131 g/mol. The van der Waals surface area contributed by atoms with Crippen LogP contribution in [0.3, 0.4) is 0 Å². The Morgan fingerprint density at radius 2 is 2.33 bits per heavy atom. The van der Waals surface area contributed by atoms with E-state index in [1.807, 2.05) is 0 Å². The summed E-state index contributed by atoms with van der Waals surface area (Å²) in [6.45, 7) is 5.32. The fourth-order valence-corrected chi connectivity index (χ4v) is 0.411. The van der Waals surface area contributed by atoms with E-state index in [0.717, 1.165) is 0 Å². The van der Waals surface area contributed by atoms with Crippen molar-refractivity contribution in [2.75, 3.05) is 13.7 Å². The Morgan fingerprint density at radius 3 is 2.67 bits per heavy atom. The first-order valence-corrected chi connectivity index (χ1v) is 2.71. The van der Waals surface area contributed by atoms with E-state index in [2.05, 4.69) is 11.7 Å². The molecule has 3 nitrogen and oxygen atoms in total. The molecule has 0 N–H and O–H groups in total. The number of carbonyl (C=O) groups is 1. The zero-order chi connectivity index (χ0) is 7.28. The molecule has 0 aromatic heterocycles. The van der Waals surface area contributed by atoms with E-state index >= 15 is 0 Å². The van der Waals surface area contributed by atoms with Crippen LogP contribution < -0.4 is 0 Å². The van der Waals surface area contributed by atoms with Crippen LogP contribution in [0.15, 0.2) is 0 Å². The number of esters is 1. The van der Waals surface area contributed by atoms with Crippen molar-refractivity contribution in [1.29, 1.82) is 0 Å². The summed E-state index contributed by atoms with van der Waals surface area (Å²) in [6.07, 6.45) is -0.493. The van der Waals surface area contributed by atoms with E-state index in [1.165, 1.54) is 7.11 Å². The maximum Gasteiger partial charge on any atom is 0.334 e. The Kier molecular flexibility index (Phi) is 4.05. The molecule has 0 heterocycles. The summed E-state index contributed by atoms with van der Waals surface area (Å²) in [7, 11) is 1.32. The van der Waals surface area contributed by atoms with Gasteiger partial charge < -0.3 is 9.47 Å². The minimum absolute atomic E-state index is 0.288. The van der Waals surface area contributed by atoms with Crippen molar-refractivity contribution in [3.63, 3.8) is 0 Å². The predicted molar refractivity (Wildman–Crippen MR) is 32.8 cm³/mol. The Balaban J connectivity index is 3.45. The highest BCUT2D eigenvalue weighted by molar-refractivity contribution is 5.73. The van der Waals surface area contributed by atoms with Gasteiger partial charge in [0.15, 0.2) is 6.10 Å². The van der Waals surface area contributed by atoms with Crippen LogP contribution in [0.25, 0.3) is 0 Å². The lowest BCUT2D eigenvalue weighted by Crippen LogP contribution is -2.21. The molecule has 0 aliphatic carbocycles. The summed E-state index contributed by atoms with van der Waals surface area (Å²) in [5.74, 6) is -0.362. The molecular weight excluding hydrogens is 120 g/mol. The number of hydrogen-bond acceptors (Lipinski definition) is 3. The molecule has 0 fully saturated rings. The number of methoxy groups -OCH3 is 1. The molecule has 0 saturated carbocycles. The first-order valence-electron chi connectivity index (χ1n) is 2.71. The largest absolute Gasteiger partial charge is 0.467 e. The number of carbonyl (C=O) groups excluding carboxylic acids is 1. The van der Waals surface area contributed by atoms with Crippen LogP contribution in [0, 0.1) is 6.92 Å². The molecule has 1 unspecified atom stereocenters. The fourth-order valence-electron chi connectivity index (χ4n) is 0.411. The van der Waals surface area contributed by atoms with E-state index in [4.69, 9.17) is 4.74 Å². The molecule has 0 aromatic carbocycles. The van der Waals surface area contributed by atoms with Crippen molar-refractivity contribution in [3.8, 4) is 0 Å². The van der Waals surface area contributed by atoms with Crippen LogP contribution >= 0.6 is 0 Å². The summed E-state index contributed by atoms with van der Waals surface area (Å²) in [4.78, 5) is 10.5. The van der Waals surface area contributed by atoms with Gasteiger partial charge in [-0.15, -0.1) is 0 Å². The molecule has 0 rings (SSSR count). The molecular formula is C6H11O3. The van der Waals surface area contributed by atoms with E-state index in [1.54, 1.807) is 6.92 Å². The molecule has 1 radical (unpaired) electrons. The van der Waals surface area contributed by atoms with Crippen molar-refractivity contribution in [1.82, 2.24) is 0 Å². The third-order valence-corrected chi connectivity index (χ3v) is 0.901. The monoisotopic (exact) mass is 131 g/mol. The van der Waals surface area contributed by atoms with E-state index in [0.29, 0.717) is 0 Å². The highest BCUT2D eigenvalue weighted by atomic mass is 16.6. The fraction of sp³-hybridized carbons (Fsp3) is 0.667. The predicted octanol–water partition coefficient (Wildman–Crippen LogP) is 0.399. The minimum Gasteiger partial charge on any atom is -0.467 e. The number of ether oxygens (including phenoxy) is 2. The lowest BCUT2D eigenvalue weighted by Gasteiger charge is -2.07. The summed E-state index contributed by atoms with van der Waals surface area (Å²) in [5, 5.41) is 0. The number of hydrogen-bond donors (Lipinski definition) is 0. The van der Waals surface area contributed by atoms with Gasteiger partial charge in [0.2, 0.25) is 0 Å². The van der Waals surface area contributed by atoms with Gasteiger partial charge in [0, 0.05) is 6.61 Å².